The minimum atomic E-state index is -0.0260. The van der Waals surface area contributed by atoms with Crippen LogP contribution in [0, 0.1) is 0 Å². The molecule has 1 aromatic rings. The second kappa shape index (κ2) is 2.11. The molecule has 0 radical (unpaired) electrons. The number of hydrogen-bond donors (Lipinski definition) is 2. The van der Waals surface area contributed by atoms with Gasteiger partial charge in [-0.05, 0) is 17.7 Å². The Morgan fingerprint density at radius 2 is 2.11 bits per heavy atom. The van der Waals surface area contributed by atoms with Gasteiger partial charge in [0.1, 0.15) is 0 Å². The lowest BCUT2D eigenvalue weighted by Gasteiger charge is -1.86. The van der Waals surface area contributed by atoms with Crippen molar-refractivity contribution in [2.75, 3.05) is 0 Å². The quantitative estimate of drug-likeness (QED) is 0.319. The van der Waals surface area contributed by atoms with Gasteiger partial charge < -0.3 is 5.11 Å². The van der Waals surface area contributed by atoms with Crippen molar-refractivity contribution in [3.05, 3.63) is 23.5 Å². The van der Waals surface area contributed by atoms with Crippen LogP contribution in [0.5, 0.6) is 5.75 Å². The molecular weight excluding hydrogens is 142 g/mol. The molecule has 0 aliphatic heterocycles. The molecule has 0 bridgehead atoms. The molecule has 0 aromatic carbocycles. The summed E-state index contributed by atoms with van der Waals surface area (Å²) in [5, 5.41) is 17.6. The van der Waals surface area contributed by atoms with E-state index in [2.05, 4.69) is 0 Å². The predicted molar refractivity (Wildman–Crippen MR) is 30.5 cm³/mol. The average Bonchev–Trinajstić information content (AvgIpc) is 1.80. The highest BCUT2D eigenvalue weighted by molar-refractivity contribution is 6.28. The van der Waals surface area contributed by atoms with Crippen molar-refractivity contribution in [2.45, 2.75) is 0 Å². The van der Waals surface area contributed by atoms with E-state index in [4.69, 9.17) is 21.9 Å². The van der Waals surface area contributed by atoms with Gasteiger partial charge >= 0.3 is 5.15 Å². The van der Waals surface area contributed by atoms with Crippen LogP contribution in [0.1, 0.15) is 0 Å². The summed E-state index contributed by atoms with van der Waals surface area (Å²) in [6, 6.07) is 2.77. The Morgan fingerprint density at radius 3 is 2.56 bits per heavy atom. The highest BCUT2D eigenvalue weighted by atomic mass is 35.5. The van der Waals surface area contributed by atoms with Gasteiger partial charge in [-0.1, -0.05) is 0 Å². The van der Waals surface area contributed by atoms with Crippen LogP contribution < -0.4 is 4.73 Å². The summed E-state index contributed by atoms with van der Waals surface area (Å²) in [5.41, 5.74) is 0. The minimum absolute atomic E-state index is 0.0260. The van der Waals surface area contributed by atoms with E-state index in [1.165, 1.54) is 12.1 Å². The maximum Gasteiger partial charge on any atom is 0.325 e. The number of hydrogen-bond acceptors (Lipinski definition) is 2. The van der Waals surface area contributed by atoms with Gasteiger partial charge in [0, 0.05) is 10.8 Å². The molecule has 0 spiro atoms. The monoisotopic (exact) mass is 146 g/mol. The van der Waals surface area contributed by atoms with E-state index in [0.29, 0.717) is 4.73 Å². The van der Waals surface area contributed by atoms with E-state index in [0.717, 1.165) is 6.20 Å². The molecule has 2 N–H and O–H groups in total. The summed E-state index contributed by atoms with van der Waals surface area (Å²) in [5.74, 6) is -0.0260. The van der Waals surface area contributed by atoms with Crippen LogP contribution in [-0.2, 0) is 0 Å². The molecule has 9 heavy (non-hydrogen) atoms. The van der Waals surface area contributed by atoms with Gasteiger partial charge in [-0.25, -0.2) is 0 Å². The van der Waals surface area contributed by atoms with Crippen molar-refractivity contribution in [3.8, 4) is 5.75 Å². The maximum absolute atomic E-state index is 8.72. The Hall–Kier alpha value is -0.960. The van der Waals surface area contributed by atoms with Gasteiger partial charge in [-0.15, -0.1) is 0 Å². The first-order valence-corrected chi connectivity index (χ1v) is 2.67. The van der Waals surface area contributed by atoms with Crippen molar-refractivity contribution in [2.24, 2.45) is 0 Å². The first kappa shape index (κ1) is 6.16. The molecule has 1 rings (SSSR count). The summed E-state index contributed by atoms with van der Waals surface area (Å²) >= 11 is 5.38. The topological polar surface area (TPSA) is 44.3 Å². The maximum atomic E-state index is 8.72. The summed E-state index contributed by atoms with van der Waals surface area (Å²) in [6.45, 7) is 0. The van der Waals surface area contributed by atoms with Crippen molar-refractivity contribution >= 4 is 11.6 Å². The van der Waals surface area contributed by atoms with Crippen LogP contribution in [-0.4, -0.2) is 10.3 Å². The Bertz CT molecular complexity index is 226. The van der Waals surface area contributed by atoms with Gasteiger partial charge in [0.05, 0.1) is 0 Å². The molecule has 1 heterocycles. The predicted octanol–water partition coefficient (Wildman–Crippen LogP) is 0.570. The van der Waals surface area contributed by atoms with Gasteiger partial charge in [-0.2, -0.15) is 0 Å². The number of halogens is 1. The molecule has 4 heteroatoms. The highest BCUT2D eigenvalue weighted by Gasteiger charge is 2.05. The molecule has 0 aliphatic carbocycles. The lowest BCUT2D eigenvalue weighted by molar-refractivity contribution is -0.903. The Labute approximate surface area is 56.7 Å². The molecule has 1 aromatic heterocycles. The fourth-order valence-corrected chi connectivity index (χ4v) is 0.572. The number of rotatable bonds is 0. The standard InChI is InChI=1S/C5H4ClNO2/c6-5-2-1-4(8)3-7(5)9/h1-3H,(H-,8,9)/p+1. The lowest BCUT2D eigenvalue weighted by Crippen LogP contribution is -2.30. The number of aromatic nitrogens is 1. The third-order valence-corrected chi connectivity index (χ3v) is 1.16. The highest BCUT2D eigenvalue weighted by Crippen LogP contribution is 2.06. The Kier molecular flexibility index (Phi) is 1.44. The first-order chi connectivity index (χ1) is 4.20. The normalized spacial score (nSPS) is 9.44. The van der Waals surface area contributed by atoms with Crippen LogP contribution in [0.15, 0.2) is 18.3 Å². The van der Waals surface area contributed by atoms with Gasteiger partial charge in [0.15, 0.2) is 5.75 Å². The second-order valence-electron chi connectivity index (χ2n) is 1.55. The Balaban J connectivity index is 3.17. The molecule has 0 fully saturated rings. The molecule has 48 valence electrons. The van der Waals surface area contributed by atoms with E-state index in [1.54, 1.807) is 0 Å². The zero-order valence-corrected chi connectivity index (χ0v) is 5.21. The van der Waals surface area contributed by atoms with Gasteiger partial charge in [0.2, 0.25) is 0 Å². The van der Waals surface area contributed by atoms with Crippen LogP contribution in [0.3, 0.4) is 0 Å². The zero-order valence-electron chi connectivity index (χ0n) is 4.45. The van der Waals surface area contributed by atoms with E-state index in [1.807, 2.05) is 0 Å². The van der Waals surface area contributed by atoms with E-state index in [-0.39, 0.29) is 10.9 Å². The van der Waals surface area contributed by atoms with Crippen molar-refractivity contribution in [1.29, 1.82) is 0 Å². The number of pyridine rings is 1. The third kappa shape index (κ3) is 1.23. The molecule has 0 atom stereocenters. The molecular formula is C5H5ClNO2+. The van der Waals surface area contributed by atoms with Crippen molar-refractivity contribution in [1.82, 2.24) is 0 Å². The van der Waals surface area contributed by atoms with Crippen LogP contribution in [0.25, 0.3) is 0 Å². The second-order valence-corrected chi connectivity index (χ2v) is 1.94. The molecule has 3 nitrogen and oxygen atoms in total. The van der Waals surface area contributed by atoms with Crippen LogP contribution >= 0.6 is 11.6 Å². The number of nitrogens with zero attached hydrogens (tertiary/aromatic N) is 1. The van der Waals surface area contributed by atoms with Crippen molar-refractivity contribution < 1.29 is 15.0 Å². The fraction of sp³-hybridized carbons (Fsp3) is 0. The average molecular weight is 147 g/mol. The zero-order chi connectivity index (χ0) is 6.85. The Morgan fingerprint density at radius 1 is 1.44 bits per heavy atom. The van der Waals surface area contributed by atoms with Crippen molar-refractivity contribution in [3.63, 3.8) is 0 Å². The van der Waals surface area contributed by atoms with E-state index in [9.17, 15) is 0 Å². The van der Waals surface area contributed by atoms with Crippen LogP contribution in [0.2, 0.25) is 5.15 Å². The molecule has 0 amide bonds. The summed E-state index contributed by atoms with van der Waals surface area (Å²) in [6.07, 6.45) is 1.10. The summed E-state index contributed by atoms with van der Waals surface area (Å²) < 4.78 is 0.636. The van der Waals surface area contributed by atoms with E-state index >= 15 is 0 Å². The molecule has 0 aliphatic rings. The fourth-order valence-electron chi connectivity index (χ4n) is 0.460. The lowest BCUT2D eigenvalue weighted by atomic mass is 10.5. The minimum Gasteiger partial charge on any atom is -0.503 e. The summed E-state index contributed by atoms with van der Waals surface area (Å²) in [7, 11) is 0. The SMILES string of the molecule is Oc1ccc(Cl)[n+](O)c1. The van der Waals surface area contributed by atoms with Gasteiger partial charge in [0.25, 0.3) is 6.20 Å². The molecule has 0 unspecified atom stereocenters. The van der Waals surface area contributed by atoms with Gasteiger partial charge in [-0.3, -0.25) is 5.21 Å². The largest absolute Gasteiger partial charge is 0.503 e. The van der Waals surface area contributed by atoms with E-state index < -0.39 is 0 Å². The smallest absolute Gasteiger partial charge is 0.325 e. The first-order valence-electron chi connectivity index (χ1n) is 2.29. The number of aromatic hydroxyl groups is 1. The summed E-state index contributed by atoms with van der Waals surface area (Å²) in [4.78, 5) is 0. The molecule has 0 saturated heterocycles. The third-order valence-electron chi connectivity index (χ3n) is 0.865. The van der Waals surface area contributed by atoms with Crippen LogP contribution in [0.4, 0.5) is 0 Å². The molecule has 0 saturated carbocycles.